The zero-order chi connectivity index (χ0) is 8.41. The molecule has 0 fully saturated rings. The monoisotopic (exact) mass is 172 g/mol. The molecule has 5 heteroatoms. The molecular formula is C5H10F2O2S. The van der Waals surface area contributed by atoms with Crippen molar-refractivity contribution in [3.63, 3.8) is 0 Å². The van der Waals surface area contributed by atoms with Crippen LogP contribution in [0, 0.1) is 0 Å². The Hall–Kier alpha value is -0.190. The van der Waals surface area contributed by atoms with Crippen LogP contribution in [0.4, 0.5) is 8.78 Å². The Balaban J connectivity index is 3.79. The maximum absolute atomic E-state index is 12.0. The molecule has 0 aromatic carbocycles. The summed E-state index contributed by atoms with van der Waals surface area (Å²) in [5.74, 6) is -3.32. The molecule has 0 rings (SSSR count). The zero-order valence-corrected chi connectivity index (χ0v) is 6.71. The second kappa shape index (κ2) is 2.82. The molecule has 0 saturated carbocycles. The van der Waals surface area contributed by atoms with E-state index in [-0.39, 0.29) is 0 Å². The molecule has 0 aliphatic heterocycles. The number of hydrogen-bond acceptors (Lipinski definition) is 2. The standard InChI is InChI=1S/C5H10F2O2S/c1-5(6,7)3-4-10(2,8)9/h3-4H2,1-2H3. The maximum Gasteiger partial charge on any atom is 0.246 e. The first-order chi connectivity index (χ1) is 4.21. The van der Waals surface area contributed by atoms with Crippen molar-refractivity contribution in [2.45, 2.75) is 19.3 Å². The van der Waals surface area contributed by atoms with Crippen LogP contribution in [0.5, 0.6) is 0 Å². The maximum atomic E-state index is 12.0. The van der Waals surface area contributed by atoms with Crippen LogP contribution in [-0.4, -0.2) is 26.3 Å². The van der Waals surface area contributed by atoms with Crippen LogP contribution in [0.25, 0.3) is 0 Å². The van der Waals surface area contributed by atoms with Crippen molar-refractivity contribution in [3.05, 3.63) is 0 Å². The summed E-state index contributed by atoms with van der Waals surface area (Å²) in [6.07, 6.45) is 0.352. The number of sulfone groups is 1. The van der Waals surface area contributed by atoms with Gasteiger partial charge in [0.1, 0.15) is 9.84 Å². The van der Waals surface area contributed by atoms with Crippen LogP contribution in [-0.2, 0) is 9.84 Å². The Kier molecular flexibility index (Phi) is 2.76. The largest absolute Gasteiger partial charge is 0.246 e. The SMILES string of the molecule is CC(F)(F)CCS(C)(=O)=O. The lowest BCUT2D eigenvalue weighted by Gasteiger charge is -2.07. The van der Waals surface area contributed by atoms with Gasteiger partial charge in [-0.2, -0.15) is 0 Å². The van der Waals surface area contributed by atoms with E-state index in [1.807, 2.05) is 0 Å². The van der Waals surface area contributed by atoms with Gasteiger partial charge in [0.25, 0.3) is 0 Å². The van der Waals surface area contributed by atoms with Crippen LogP contribution in [0.3, 0.4) is 0 Å². The molecule has 0 aromatic heterocycles. The van der Waals surface area contributed by atoms with Gasteiger partial charge < -0.3 is 0 Å². The molecule has 0 N–H and O–H groups in total. The van der Waals surface area contributed by atoms with Crippen molar-refractivity contribution in [1.82, 2.24) is 0 Å². The van der Waals surface area contributed by atoms with Gasteiger partial charge in [0.05, 0.1) is 5.75 Å². The van der Waals surface area contributed by atoms with Gasteiger partial charge in [0.2, 0.25) is 5.92 Å². The van der Waals surface area contributed by atoms with Crippen LogP contribution >= 0.6 is 0 Å². The van der Waals surface area contributed by atoms with Crippen molar-refractivity contribution < 1.29 is 17.2 Å². The summed E-state index contributed by atoms with van der Waals surface area (Å²) in [4.78, 5) is 0. The molecule has 0 heterocycles. The van der Waals surface area contributed by atoms with Gasteiger partial charge in [-0.3, -0.25) is 0 Å². The van der Waals surface area contributed by atoms with Gasteiger partial charge in [-0.25, -0.2) is 17.2 Å². The van der Waals surface area contributed by atoms with E-state index in [2.05, 4.69) is 0 Å². The summed E-state index contributed by atoms with van der Waals surface area (Å²) in [5.41, 5.74) is 0. The van der Waals surface area contributed by atoms with Crippen molar-refractivity contribution in [1.29, 1.82) is 0 Å². The fourth-order valence-electron chi connectivity index (χ4n) is 0.365. The Morgan fingerprint density at radius 2 is 1.80 bits per heavy atom. The molecule has 10 heavy (non-hydrogen) atoms. The average Bonchev–Trinajstić information content (AvgIpc) is 1.57. The van der Waals surface area contributed by atoms with Crippen molar-refractivity contribution in [2.75, 3.05) is 12.0 Å². The van der Waals surface area contributed by atoms with E-state index in [4.69, 9.17) is 0 Å². The van der Waals surface area contributed by atoms with E-state index >= 15 is 0 Å². The molecule has 0 bridgehead atoms. The normalized spacial score (nSPS) is 13.6. The highest BCUT2D eigenvalue weighted by atomic mass is 32.2. The minimum absolute atomic E-state index is 0.448. The second-order valence-electron chi connectivity index (χ2n) is 2.45. The molecule has 62 valence electrons. The minimum Gasteiger partial charge on any atom is -0.229 e. The summed E-state index contributed by atoms with van der Waals surface area (Å²) in [6.45, 7) is 0.707. The fourth-order valence-corrected chi connectivity index (χ4v) is 1.09. The third kappa shape index (κ3) is 7.81. The second-order valence-corrected chi connectivity index (χ2v) is 4.71. The number of hydrogen-bond donors (Lipinski definition) is 0. The lowest BCUT2D eigenvalue weighted by atomic mass is 10.3. The predicted octanol–water partition coefficient (Wildman–Crippen LogP) is 1.08. The van der Waals surface area contributed by atoms with Crippen molar-refractivity contribution >= 4 is 9.84 Å². The van der Waals surface area contributed by atoms with Gasteiger partial charge in [0, 0.05) is 12.7 Å². The number of alkyl halides is 2. The highest BCUT2D eigenvalue weighted by Crippen LogP contribution is 2.16. The van der Waals surface area contributed by atoms with Crippen LogP contribution in [0.2, 0.25) is 0 Å². The molecule has 0 spiro atoms. The summed E-state index contributed by atoms with van der Waals surface area (Å²) >= 11 is 0. The predicted molar refractivity (Wildman–Crippen MR) is 34.9 cm³/mol. The molecule has 0 aliphatic carbocycles. The Labute approximate surface area is 59.2 Å². The molecule has 0 atom stereocenters. The van der Waals surface area contributed by atoms with Gasteiger partial charge in [-0.1, -0.05) is 0 Å². The molecule has 0 aliphatic rings. The summed E-state index contributed by atoms with van der Waals surface area (Å²) in [6, 6.07) is 0. The molecule has 2 nitrogen and oxygen atoms in total. The van der Waals surface area contributed by atoms with E-state index in [0.29, 0.717) is 6.92 Å². The summed E-state index contributed by atoms with van der Waals surface area (Å²) < 4.78 is 44.7. The first-order valence-electron chi connectivity index (χ1n) is 2.76. The van der Waals surface area contributed by atoms with E-state index in [0.717, 1.165) is 6.26 Å². The summed E-state index contributed by atoms with van der Waals surface area (Å²) in [5, 5.41) is 0. The lowest BCUT2D eigenvalue weighted by Crippen LogP contribution is -2.16. The molecule has 0 unspecified atom stereocenters. The summed E-state index contributed by atoms with van der Waals surface area (Å²) in [7, 11) is -3.24. The zero-order valence-electron chi connectivity index (χ0n) is 5.89. The van der Waals surface area contributed by atoms with Gasteiger partial charge >= 0.3 is 0 Å². The molecular weight excluding hydrogens is 162 g/mol. The van der Waals surface area contributed by atoms with Crippen LogP contribution < -0.4 is 0 Å². The van der Waals surface area contributed by atoms with E-state index in [1.54, 1.807) is 0 Å². The molecule has 0 radical (unpaired) electrons. The Morgan fingerprint density at radius 3 is 1.90 bits per heavy atom. The van der Waals surface area contributed by atoms with Gasteiger partial charge in [0.15, 0.2) is 0 Å². The number of rotatable bonds is 3. The van der Waals surface area contributed by atoms with Gasteiger partial charge in [-0.15, -0.1) is 0 Å². The van der Waals surface area contributed by atoms with E-state index < -0.39 is 27.9 Å². The first-order valence-corrected chi connectivity index (χ1v) is 4.82. The topological polar surface area (TPSA) is 34.1 Å². The minimum atomic E-state index is -3.24. The fraction of sp³-hybridized carbons (Fsp3) is 1.00. The van der Waals surface area contributed by atoms with E-state index in [9.17, 15) is 17.2 Å². The average molecular weight is 172 g/mol. The Bertz CT molecular complexity index is 190. The highest BCUT2D eigenvalue weighted by Gasteiger charge is 2.22. The highest BCUT2D eigenvalue weighted by molar-refractivity contribution is 7.90. The Morgan fingerprint density at radius 1 is 1.40 bits per heavy atom. The van der Waals surface area contributed by atoms with Crippen molar-refractivity contribution in [3.8, 4) is 0 Å². The smallest absolute Gasteiger partial charge is 0.229 e. The van der Waals surface area contributed by atoms with Gasteiger partial charge in [-0.05, 0) is 6.92 Å². The lowest BCUT2D eigenvalue weighted by molar-refractivity contribution is 0.0189. The molecule has 0 aromatic rings. The third-order valence-corrected chi connectivity index (χ3v) is 1.86. The molecule has 0 saturated heterocycles. The van der Waals surface area contributed by atoms with Crippen LogP contribution in [0.15, 0.2) is 0 Å². The number of halogens is 2. The van der Waals surface area contributed by atoms with Crippen molar-refractivity contribution in [2.24, 2.45) is 0 Å². The quantitative estimate of drug-likeness (QED) is 0.638. The first kappa shape index (κ1) is 9.81. The van der Waals surface area contributed by atoms with E-state index in [1.165, 1.54) is 0 Å². The molecule has 0 amide bonds. The third-order valence-electron chi connectivity index (χ3n) is 0.912. The van der Waals surface area contributed by atoms with Crippen LogP contribution in [0.1, 0.15) is 13.3 Å².